The molecule has 0 aliphatic carbocycles. The highest BCUT2D eigenvalue weighted by atomic mass is 32.2. The van der Waals surface area contributed by atoms with Crippen molar-refractivity contribution in [3.8, 4) is 11.5 Å². The zero-order valence-corrected chi connectivity index (χ0v) is 15.1. The van der Waals surface area contributed by atoms with Gasteiger partial charge in [-0.05, 0) is 43.3 Å². The molecule has 0 saturated heterocycles. The highest BCUT2D eigenvalue weighted by Crippen LogP contribution is 2.26. The number of hydrogen-bond donors (Lipinski definition) is 0. The van der Waals surface area contributed by atoms with Crippen LogP contribution in [0.2, 0.25) is 0 Å². The minimum atomic E-state index is 0.516. The molecule has 0 atom stereocenters. The average molecular weight is 358 g/mol. The van der Waals surface area contributed by atoms with Crippen molar-refractivity contribution in [3.63, 3.8) is 0 Å². The third kappa shape index (κ3) is 5.01. The van der Waals surface area contributed by atoms with Crippen LogP contribution in [0.4, 0.5) is 0 Å². The fourth-order valence-electron chi connectivity index (χ4n) is 2.10. The summed E-state index contributed by atoms with van der Waals surface area (Å²) < 4.78 is 11.2. The highest BCUT2D eigenvalue weighted by molar-refractivity contribution is 7.98. The zero-order valence-electron chi connectivity index (χ0n) is 13.5. The number of benzene rings is 2. The monoisotopic (exact) mass is 357 g/mol. The molecule has 0 saturated carbocycles. The molecule has 5 heteroatoms. The van der Waals surface area contributed by atoms with Crippen LogP contribution in [0.3, 0.4) is 0 Å². The number of para-hydroxylation sites is 1. The van der Waals surface area contributed by atoms with Crippen molar-refractivity contribution in [3.05, 3.63) is 70.7 Å². The lowest BCUT2D eigenvalue weighted by atomic mass is 10.3. The van der Waals surface area contributed by atoms with Gasteiger partial charge in [-0.2, -0.15) is 0 Å². The van der Waals surface area contributed by atoms with Gasteiger partial charge in [-0.25, -0.2) is 4.98 Å². The average Bonchev–Trinajstić information content (AvgIpc) is 3.09. The quantitative estimate of drug-likeness (QED) is 0.504. The molecular formula is C19H19NO2S2. The maximum absolute atomic E-state index is 5.73. The zero-order chi connectivity index (χ0) is 16.6. The minimum Gasteiger partial charge on any atom is -0.494 e. The molecule has 1 aromatic heterocycles. The van der Waals surface area contributed by atoms with Gasteiger partial charge in [0.05, 0.1) is 12.3 Å². The molecular weight excluding hydrogens is 338 g/mol. The van der Waals surface area contributed by atoms with Gasteiger partial charge in [-0.3, -0.25) is 0 Å². The Kier molecular flexibility index (Phi) is 6.15. The summed E-state index contributed by atoms with van der Waals surface area (Å²) in [7, 11) is 0. The maximum atomic E-state index is 5.73. The van der Waals surface area contributed by atoms with E-state index in [4.69, 9.17) is 9.47 Å². The number of hydrogen-bond acceptors (Lipinski definition) is 5. The van der Waals surface area contributed by atoms with Crippen molar-refractivity contribution < 1.29 is 9.47 Å². The van der Waals surface area contributed by atoms with E-state index in [1.165, 1.54) is 4.90 Å². The Labute approximate surface area is 150 Å². The van der Waals surface area contributed by atoms with Crippen LogP contribution in [0.5, 0.6) is 11.5 Å². The number of thioether (sulfide) groups is 1. The molecule has 0 amide bonds. The lowest BCUT2D eigenvalue weighted by Gasteiger charge is -2.04. The molecule has 2 aromatic carbocycles. The van der Waals surface area contributed by atoms with Crippen LogP contribution in [-0.4, -0.2) is 11.6 Å². The Morgan fingerprint density at radius 3 is 2.46 bits per heavy atom. The van der Waals surface area contributed by atoms with Crippen molar-refractivity contribution in [2.75, 3.05) is 6.61 Å². The molecule has 124 valence electrons. The van der Waals surface area contributed by atoms with Gasteiger partial charge in [0, 0.05) is 16.0 Å². The lowest BCUT2D eigenvalue weighted by molar-refractivity contribution is 0.305. The van der Waals surface area contributed by atoms with E-state index in [-0.39, 0.29) is 0 Å². The molecule has 0 aliphatic rings. The number of aromatic nitrogens is 1. The third-order valence-corrected chi connectivity index (χ3v) is 5.14. The van der Waals surface area contributed by atoms with Crippen LogP contribution in [0.25, 0.3) is 0 Å². The summed E-state index contributed by atoms with van der Waals surface area (Å²) in [5, 5.41) is 3.10. The summed E-state index contributed by atoms with van der Waals surface area (Å²) in [6.07, 6.45) is 0. The summed E-state index contributed by atoms with van der Waals surface area (Å²) in [6.45, 7) is 3.20. The van der Waals surface area contributed by atoms with E-state index in [1.807, 2.05) is 49.4 Å². The third-order valence-electron chi connectivity index (χ3n) is 3.23. The van der Waals surface area contributed by atoms with Crippen molar-refractivity contribution in [2.45, 2.75) is 24.2 Å². The molecule has 0 bridgehead atoms. The van der Waals surface area contributed by atoms with Crippen LogP contribution in [0, 0.1) is 0 Å². The van der Waals surface area contributed by atoms with Crippen LogP contribution < -0.4 is 9.47 Å². The second-order valence-electron chi connectivity index (χ2n) is 5.03. The molecule has 0 N–H and O–H groups in total. The van der Waals surface area contributed by atoms with Crippen molar-refractivity contribution >= 4 is 23.1 Å². The van der Waals surface area contributed by atoms with Gasteiger partial charge in [-0.1, -0.05) is 18.2 Å². The molecule has 1 heterocycles. The molecule has 3 nitrogen and oxygen atoms in total. The van der Waals surface area contributed by atoms with Gasteiger partial charge >= 0.3 is 0 Å². The van der Waals surface area contributed by atoms with Gasteiger partial charge in [0.25, 0.3) is 0 Å². The first-order valence-corrected chi connectivity index (χ1v) is 9.67. The second kappa shape index (κ2) is 8.76. The van der Waals surface area contributed by atoms with E-state index in [9.17, 15) is 0 Å². The van der Waals surface area contributed by atoms with Gasteiger partial charge in [0.1, 0.15) is 23.1 Å². The Morgan fingerprint density at radius 1 is 0.958 bits per heavy atom. The second-order valence-corrected chi connectivity index (χ2v) is 7.02. The molecule has 0 spiro atoms. The van der Waals surface area contributed by atoms with E-state index in [1.54, 1.807) is 23.1 Å². The molecule has 3 aromatic rings. The van der Waals surface area contributed by atoms with Gasteiger partial charge in [0.15, 0.2) is 0 Å². The standard InChI is InChI=1S/C19H19NO2S2/c1-2-21-17-8-10-18(11-9-17)23-13-15-14-24-19(20-15)12-22-16-6-4-3-5-7-16/h3-11,14H,2,12-13H2,1H3. The highest BCUT2D eigenvalue weighted by Gasteiger charge is 2.04. The van der Waals surface area contributed by atoms with Crippen LogP contribution in [-0.2, 0) is 12.4 Å². The molecule has 0 radical (unpaired) electrons. The topological polar surface area (TPSA) is 31.4 Å². The van der Waals surface area contributed by atoms with Crippen molar-refractivity contribution in [1.82, 2.24) is 4.98 Å². The Morgan fingerprint density at radius 2 is 1.71 bits per heavy atom. The minimum absolute atomic E-state index is 0.516. The van der Waals surface area contributed by atoms with Gasteiger partial charge in [-0.15, -0.1) is 23.1 Å². The van der Waals surface area contributed by atoms with Crippen molar-refractivity contribution in [1.29, 1.82) is 0 Å². The van der Waals surface area contributed by atoms with E-state index in [2.05, 4.69) is 22.5 Å². The van der Waals surface area contributed by atoms with Crippen LogP contribution in [0.1, 0.15) is 17.6 Å². The smallest absolute Gasteiger partial charge is 0.140 e. The van der Waals surface area contributed by atoms with E-state index in [0.29, 0.717) is 13.2 Å². The molecule has 0 unspecified atom stereocenters. The predicted molar refractivity (Wildman–Crippen MR) is 100 cm³/mol. The number of rotatable bonds is 8. The fraction of sp³-hybridized carbons (Fsp3) is 0.211. The van der Waals surface area contributed by atoms with Gasteiger partial charge < -0.3 is 9.47 Å². The summed E-state index contributed by atoms with van der Waals surface area (Å²) in [5.74, 6) is 2.64. The summed E-state index contributed by atoms with van der Waals surface area (Å²) in [4.78, 5) is 5.85. The van der Waals surface area contributed by atoms with Crippen LogP contribution in [0.15, 0.2) is 64.9 Å². The van der Waals surface area contributed by atoms with E-state index >= 15 is 0 Å². The maximum Gasteiger partial charge on any atom is 0.140 e. The Hall–Kier alpha value is -1.98. The Balaban J connectivity index is 1.48. The Bertz CT molecular complexity index is 742. The fourth-order valence-corrected chi connectivity index (χ4v) is 3.70. The van der Waals surface area contributed by atoms with E-state index in [0.717, 1.165) is 28.0 Å². The predicted octanol–water partition coefficient (Wildman–Crippen LogP) is 5.41. The first-order chi connectivity index (χ1) is 11.8. The first kappa shape index (κ1) is 16.9. The van der Waals surface area contributed by atoms with Crippen LogP contribution >= 0.6 is 23.1 Å². The number of nitrogens with zero attached hydrogens (tertiary/aromatic N) is 1. The summed E-state index contributed by atoms with van der Waals surface area (Å²) in [5.41, 5.74) is 1.09. The molecule has 3 rings (SSSR count). The molecule has 0 aliphatic heterocycles. The largest absolute Gasteiger partial charge is 0.494 e. The van der Waals surface area contributed by atoms with Crippen molar-refractivity contribution in [2.24, 2.45) is 0 Å². The van der Waals surface area contributed by atoms with E-state index < -0.39 is 0 Å². The number of thiazole rings is 1. The summed E-state index contributed by atoms with van der Waals surface area (Å²) in [6, 6.07) is 18.0. The normalized spacial score (nSPS) is 10.5. The number of ether oxygens (including phenoxy) is 2. The SMILES string of the molecule is CCOc1ccc(SCc2csc(COc3ccccc3)n2)cc1. The first-order valence-electron chi connectivity index (χ1n) is 7.80. The summed E-state index contributed by atoms with van der Waals surface area (Å²) >= 11 is 3.42. The molecule has 0 fully saturated rings. The molecule has 24 heavy (non-hydrogen) atoms. The lowest BCUT2D eigenvalue weighted by Crippen LogP contribution is -1.95. The van der Waals surface area contributed by atoms with Gasteiger partial charge in [0.2, 0.25) is 0 Å².